The van der Waals surface area contributed by atoms with Crippen LogP contribution in [0.4, 0.5) is 10.1 Å². The minimum Gasteiger partial charge on any atom is -0.332 e. The number of nitro groups is 1. The molecule has 1 amide bonds. The highest BCUT2D eigenvalue weighted by atomic mass is 19.1. The number of benzene rings is 2. The first-order valence-corrected chi connectivity index (χ1v) is 8.03. The molecule has 25 heavy (non-hydrogen) atoms. The molecule has 2 aromatic rings. The standard InChI is InChI=1S/C19H17FN2O3/c20-16-8-6-15(7-9-16)18-2-1-13-21(18)19(23)12-5-14-3-10-17(11-4-14)22(24)25/h3-12,18H,1-2,13H2/b12-5+. The molecule has 0 radical (unpaired) electrons. The molecule has 3 rings (SSSR count). The Balaban J connectivity index is 1.71. The summed E-state index contributed by atoms with van der Waals surface area (Å²) in [6, 6.07) is 12.2. The Labute approximate surface area is 144 Å². The molecule has 5 nitrogen and oxygen atoms in total. The highest BCUT2D eigenvalue weighted by molar-refractivity contribution is 5.92. The summed E-state index contributed by atoms with van der Waals surface area (Å²) < 4.78 is 13.1. The van der Waals surface area contributed by atoms with Crippen LogP contribution in [0.3, 0.4) is 0 Å². The molecular weight excluding hydrogens is 323 g/mol. The van der Waals surface area contributed by atoms with E-state index in [9.17, 15) is 19.3 Å². The van der Waals surface area contributed by atoms with E-state index in [0.29, 0.717) is 6.54 Å². The third-order valence-electron chi connectivity index (χ3n) is 4.31. The van der Waals surface area contributed by atoms with Gasteiger partial charge in [0.2, 0.25) is 5.91 Å². The highest BCUT2D eigenvalue weighted by Crippen LogP contribution is 2.32. The number of nitro benzene ring substituents is 1. The maximum atomic E-state index is 13.1. The van der Waals surface area contributed by atoms with Gasteiger partial charge in [0.15, 0.2) is 0 Å². The van der Waals surface area contributed by atoms with Crippen LogP contribution in [-0.2, 0) is 4.79 Å². The number of rotatable bonds is 4. The van der Waals surface area contributed by atoms with Crippen molar-refractivity contribution in [3.8, 4) is 0 Å². The molecule has 1 aliphatic rings. The van der Waals surface area contributed by atoms with E-state index in [4.69, 9.17) is 0 Å². The van der Waals surface area contributed by atoms with Crippen LogP contribution >= 0.6 is 0 Å². The van der Waals surface area contributed by atoms with Gasteiger partial charge < -0.3 is 4.90 Å². The molecule has 0 spiro atoms. The second-order valence-electron chi connectivity index (χ2n) is 5.92. The fourth-order valence-corrected chi connectivity index (χ4v) is 3.03. The Morgan fingerprint density at radius 2 is 1.84 bits per heavy atom. The lowest BCUT2D eigenvalue weighted by Crippen LogP contribution is -2.28. The Morgan fingerprint density at radius 1 is 1.16 bits per heavy atom. The summed E-state index contributed by atoms with van der Waals surface area (Å²) in [6.07, 6.45) is 4.87. The topological polar surface area (TPSA) is 63.4 Å². The van der Waals surface area contributed by atoms with E-state index in [-0.39, 0.29) is 23.5 Å². The van der Waals surface area contributed by atoms with Gasteiger partial charge in [0.1, 0.15) is 5.82 Å². The van der Waals surface area contributed by atoms with Gasteiger partial charge in [0.25, 0.3) is 5.69 Å². The monoisotopic (exact) mass is 340 g/mol. The van der Waals surface area contributed by atoms with Crippen LogP contribution in [0.5, 0.6) is 0 Å². The molecule has 1 aliphatic heterocycles. The number of amides is 1. The largest absolute Gasteiger partial charge is 0.332 e. The lowest BCUT2D eigenvalue weighted by molar-refractivity contribution is -0.384. The number of hydrogen-bond donors (Lipinski definition) is 0. The SMILES string of the molecule is O=C(/C=C/c1ccc([N+](=O)[O-])cc1)N1CCCC1c1ccc(F)cc1. The van der Waals surface area contributed by atoms with Gasteiger partial charge in [-0.1, -0.05) is 12.1 Å². The first kappa shape index (κ1) is 16.8. The normalized spacial score (nSPS) is 17.2. The van der Waals surface area contributed by atoms with Crippen molar-refractivity contribution in [1.29, 1.82) is 0 Å². The fourth-order valence-electron chi connectivity index (χ4n) is 3.03. The number of carbonyl (C=O) groups excluding carboxylic acids is 1. The number of non-ortho nitro benzene ring substituents is 1. The van der Waals surface area contributed by atoms with Crippen LogP contribution in [0, 0.1) is 15.9 Å². The van der Waals surface area contributed by atoms with E-state index in [1.165, 1.54) is 30.3 Å². The second-order valence-corrected chi connectivity index (χ2v) is 5.92. The van der Waals surface area contributed by atoms with Gasteiger partial charge in [-0.15, -0.1) is 0 Å². The molecule has 1 saturated heterocycles. The summed E-state index contributed by atoms with van der Waals surface area (Å²) in [4.78, 5) is 24.5. The molecule has 0 bridgehead atoms. The van der Waals surface area contributed by atoms with E-state index in [2.05, 4.69) is 0 Å². The van der Waals surface area contributed by atoms with Gasteiger partial charge in [-0.3, -0.25) is 14.9 Å². The van der Waals surface area contributed by atoms with Crippen LogP contribution in [0.1, 0.15) is 30.0 Å². The average Bonchev–Trinajstić information content (AvgIpc) is 3.10. The Bertz CT molecular complexity index is 800. The summed E-state index contributed by atoms with van der Waals surface area (Å²) in [5, 5.41) is 10.6. The summed E-state index contributed by atoms with van der Waals surface area (Å²) in [5.74, 6) is -0.414. The predicted molar refractivity (Wildman–Crippen MR) is 92.2 cm³/mol. The number of hydrogen-bond acceptors (Lipinski definition) is 3. The van der Waals surface area contributed by atoms with Gasteiger partial charge in [-0.05, 0) is 54.3 Å². The van der Waals surface area contributed by atoms with E-state index in [1.807, 2.05) is 0 Å². The number of halogens is 1. The summed E-state index contributed by atoms with van der Waals surface area (Å²) >= 11 is 0. The first-order chi connectivity index (χ1) is 12.0. The van der Waals surface area contributed by atoms with Crippen LogP contribution in [0.15, 0.2) is 54.6 Å². The molecule has 6 heteroatoms. The van der Waals surface area contributed by atoms with E-state index in [1.54, 1.807) is 35.2 Å². The Morgan fingerprint density at radius 3 is 2.48 bits per heavy atom. The van der Waals surface area contributed by atoms with Crippen LogP contribution in [0.2, 0.25) is 0 Å². The van der Waals surface area contributed by atoms with Crippen LogP contribution in [0.25, 0.3) is 6.08 Å². The summed E-state index contributed by atoms with van der Waals surface area (Å²) in [7, 11) is 0. The smallest absolute Gasteiger partial charge is 0.269 e. The average molecular weight is 340 g/mol. The highest BCUT2D eigenvalue weighted by Gasteiger charge is 2.28. The summed E-state index contributed by atoms with van der Waals surface area (Å²) in [5.41, 5.74) is 1.66. The van der Waals surface area contributed by atoms with Gasteiger partial charge in [0, 0.05) is 24.8 Å². The quantitative estimate of drug-likeness (QED) is 0.478. The maximum absolute atomic E-state index is 13.1. The molecular formula is C19H17FN2O3. The molecule has 1 unspecified atom stereocenters. The number of carbonyl (C=O) groups is 1. The molecule has 1 atom stereocenters. The summed E-state index contributed by atoms with van der Waals surface area (Å²) in [6.45, 7) is 0.658. The van der Waals surface area contributed by atoms with Crippen molar-refractivity contribution in [2.45, 2.75) is 18.9 Å². The predicted octanol–water partition coefficient (Wildman–Crippen LogP) is 4.11. The van der Waals surface area contributed by atoms with Gasteiger partial charge in [0.05, 0.1) is 11.0 Å². The van der Waals surface area contributed by atoms with Crippen molar-refractivity contribution in [2.24, 2.45) is 0 Å². The molecule has 2 aromatic carbocycles. The Kier molecular flexibility index (Phi) is 4.88. The lowest BCUT2D eigenvalue weighted by Gasteiger charge is -2.23. The third kappa shape index (κ3) is 3.91. The zero-order valence-electron chi connectivity index (χ0n) is 13.5. The molecule has 128 valence electrons. The Hall–Kier alpha value is -3.02. The minimum atomic E-state index is -0.462. The zero-order valence-corrected chi connectivity index (χ0v) is 13.5. The number of likely N-dealkylation sites (tertiary alicyclic amines) is 1. The molecule has 0 saturated carbocycles. The van der Waals surface area contributed by atoms with Gasteiger partial charge in [-0.25, -0.2) is 4.39 Å². The molecule has 0 aliphatic carbocycles. The first-order valence-electron chi connectivity index (χ1n) is 8.03. The van der Waals surface area contributed by atoms with Crippen molar-refractivity contribution >= 4 is 17.7 Å². The van der Waals surface area contributed by atoms with E-state index >= 15 is 0 Å². The number of nitrogens with zero attached hydrogens (tertiary/aromatic N) is 2. The maximum Gasteiger partial charge on any atom is 0.269 e. The van der Waals surface area contributed by atoms with Crippen molar-refractivity contribution in [3.63, 3.8) is 0 Å². The van der Waals surface area contributed by atoms with Crippen molar-refractivity contribution in [1.82, 2.24) is 4.90 Å². The van der Waals surface area contributed by atoms with E-state index < -0.39 is 4.92 Å². The van der Waals surface area contributed by atoms with Crippen LogP contribution < -0.4 is 0 Å². The molecule has 1 fully saturated rings. The lowest BCUT2D eigenvalue weighted by atomic mass is 10.0. The minimum absolute atomic E-state index is 0.0133. The molecule has 1 heterocycles. The third-order valence-corrected chi connectivity index (χ3v) is 4.31. The van der Waals surface area contributed by atoms with Gasteiger partial charge >= 0.3 is 0 Å². The zero-order chi connectivity index (χ0) is 17.8. The molecule has 0 aromatic heterocycles. The molecule has 0 N–H and O–H groups in total. The van der Waals surface area contributed by atoms with E-state index in [0.717, 1.165) is 24.0 Å². The van der Waals surface area contributed by atoms with Crippen LogP contribution in [-0.4, -0.2) is 22.3 Å². The van der Waals surface area contributed by atoms with Crippen molar-refractivity contribution in [3.05, 3.63) is 81.7 Å². The fraction of sp³-hybridized carbons (Fsp3) is 0.211. The van der Waals surface area contributed by atoms with Crippen molar-refractivity contribution < 1.29 is 14.1 Å². The van der Waals surface area contributed by atoms with Crippen molar-refractivity contribution in [2.75, 3.05) is 6.54 Å². The second kappa shape index (κ2) is 7.25. The van der Waals surface area contributed by atoms with Gasteiger partial charge in [-0.2, -0.15) is 0 Å².